The van der Waals surface area contributed by atoms with E-state index in [9.17, 15) is 14.7 Å². The average Bonchev–Trinajstić information content (AvgIpc) is 2.96. The summed E-state index contributed by atoms with van der Waals surface area (Å²) in [6, 6.07) is 19.8. The number of benzene rings is 3. The van der Waals surface area contributed by atoms with Gasteiger partial charge in [-0.1, -0.05) is 70.9 Å². The summed E-state index contributed by atoms with van der Waals surface area (Å²) < 4.78 is 0.727. The van der Waals surface area contributed by atoms with Gasteiger partial charge in [0, 0.05) is 20.6 Å². The van der Waals surface area contributed by atoms with Crippen molar-refractivity contribution < 1.29 is 14.7 Å². The number of fused-ring (bicyclic) bond motifs is 1. The summed E-state index contributed by atoms with van der Waals surface area (Å²) in [4.78, 5) is 27.9. The first kappa shape index (κ1) is 21.8. The number of Topliss-reactive ketones (excluding diaryl/α,β-unsaturated/α-hetero) is 1. The van der Waals surface area contributed by atoms with E-state index in [1.807, 2.05) is 37.3 Å². The van der Waals surface area contributed by atoms with Crippen LogP contribution in [0.5, 0.6) is 0 Å². The highest BCUT2D eigenvalue weighted by molar-refractivity contribution is 9.10. The van der Waals surface area contributed by atoms with E-state index in [-0.39, 0.29) is 18.7 Å². The van der Waals surface area contributed by atoms with Crippen molar-refractivity contribution in [1.82, 2.24) is 0 Å². The van der Waals surface area contributed by atoms with Gasteiger partial charge in [-0.25, -0.2) is 0 Å². The third-order valence-electron chi connectivity index (χ3n) is 5.65. The average molecular weight is 499 g/mol. The topological polar surface area (TPSA) is 57.6 Å². The Morgan fingerprint density at radius 2 is 1.68 bits per heavy atom. The zero-order valence-corrected chi connectivity index (χ0v) is 19.3. The van der Waals surface area contributed by atoms with Crippen LogP contribution in [0.1, 0.15) is 40.4 Å². The lowest BCUT2D eigenvalue weighted by molar-refractivity contribution is -0.136. The molecular formula is C25H21BrClNO3. The second-order valence-corrected chi connectivity index (χ2v) is 9.04. The molecule has 1 heterocycles. The molecule has 0 saturated heterocycles. The standard InChI is InChI=1S/C25H21BrClNO3/c1-2-16-3-7-18(8-4-16)23(29)14-25(31)21-13-19(26)9-12-22(21)28(24(25)30)15-17-5-10-20(27)11-6-17/h3-13,31H,2,14-15H2,1H3. The number of carbonyl (C=O) groups is 2. The fourth-order valence-corrected chi connectivity index (χ4v) is 4.37. The highest BCUT2D eigenvalue weighted by atomic mass is 79.9. The molecule has 0 aliphatic carbocycles. The first-order valence-corrected chi connectivity index (χ1v) is 11.2. The quantitative estimate of drug-likeness (QED) is 0.445. The van der Waals surface area contributed by atoms with Crippen molar-refractivity contribution in [2.45, 2.75) is 31.9 Å². The van der Waals surface area contributed by atoms with Gasteiger partial charge < -0.3 is 10.0 Å². The van der Waals surface area contributed by atoms with Crippen LogP contribution in [0.3, 0.4) is 0 Å². The predicted molar refractivity (Wildman–Crippen MR) is 125 cm³/mol. The Hall–Kier alpha value is -2.47. The Labute approximate surface area is 194 Å². The molecule has 158 valence electrons. The molecule has 31 heavy (non-hydrogen) atoms. The lowest BCUT2D eigenvalue weighted by Gasteiger charge is -2.23. The Bertz CT molecular complexity index is 1140. The molecule has 1 aliphatic heterocycles. The number of aliphatic hydroxyl groups is 1. The number of hydrogen-bond donors (Lipinski definition) is 1. The van der Waals surface area contributed by atoms with Crippen LogP contribution < -0.4 is 4.90 Å². The van der Waals surface area contributed by atoms with Crippen LogP contribution in [-0.2, 0) is 23.4 Å². The number of amides is 1. The first-order chi connectivity index (χ1) is 14.8. The number of nitrogens with zero attached hydrogens (tertiary/aromatic N) is 1. The van der Waals surface area contributed by atoms with Gasteiger partial charge >= 0.3 is 0 Å². The molecule has 4 nitrogen and oxygen atoms in total. The van der Waals surface area contributed by atoms with E-state index >= 15 is 0 Å². The molecule has 1 amide bonds. The monoisotopic (exact) mass is 497 g/mol. The lowest BCUT2D eigenvalue weighted by atomic mass is 9.88. The maximum Gasteiger partial charge on any atom is 0.264 e. The van der Waals surface area contributed by atoms with Gasteiger partial charge in [0.2, 0.25) is 0 Å². The maximum atomic E-state index is 13.4. The zero-order chi connectivity index (χ0) is 22.2. The van der Waals surface area contributed by atoms with Crippen LogP contribution in [0.15, 0.2) is 71.2 Å². The smallest absolute Gasteiger partial charge is 0.264 e. The van der Waals surface area contributed by atoms with Gasteiger partial charge in [0.25, 0.3) is 5.91 Å². The summed E-state index contributed by atoms with van der Waals surface area (Å²) in [5, 5.41) is 12.1. The Morgan fingerprint density at radius 1 is 1.03 bits per heavy atom. The molecule has 1 atom stereocenters. The lowest BCUT2D eigenvalue weighted by Crippen LogP contribution is -2.41. The van der Waals surface area contributed by atoms with Crippen LogP contribution in [-0.4, -0.2) is 16.8 Å². The number of hydrogen-bond acceptors (Lipinski definition) is 3. The summed E-state index contributed by atoms with van der Waals surface area (Å²) in [6.07, 6.45) is 0.551. The van der Waals surface area contributed by atoms with Crippen LogP contribution >= 0.6 is 27.5 Å². The van der Waals surface area contributed by atoms with E-state index in [0.717, 1.165) is 22.0 Å². The Balaban J connectivity index is 1.67. The third kappa shape index (κ3) is 4.18. The van der Waals surface area contributed by atoms with Crippen LogP contribution in [0, 0.1) is 0 Å². The molecule has 6 heteroatoms. The van der Waals surface area contributed by atoms with Gasteiger partial charge in [0.1, 0.15) is 0 Å². The summed E-state index contributed by atoms with van der Waals surface area (Å²) >= 11 is 9.39. The summed E-state index contributed by atoms with van der Waals surface area (Å²) in [7, 11) is 0. The van der Waals surface area contributed by atoms with Crippen molar-refractivity contribution in [2.75, 3.05) is 4.90 Å². The first-order valence-electron chi connectivity index (χ1n) is 10.0. The summed E-state index contributed by atoms with van der Waals surface area (Å²) in [6.45, 7) is 2.31. The van der Waals surface area contributed by atoms with Crippen LogP contribution in [0.4, 0.5) is 5.69 Å². The molecule has 4 rings (SSSR count). The van der Waals surface area contributed by atoms with E-state index in [1.54, 1.807) is 36.4 Å². The largest absolute Gasteiger partial charge is 0.375 e. The van der Waals surface area contributed by atoms with E-state index in [4.69, 9.17) is 11.6 Å². The molecule has 0 bridgehead atoms. The molecule has 3 aromatic carbocycles. The van der Waals surface area contributed by atoms with Crippen LogP contribution in [0.25, 0.3) is 0 Å². The van der Waals surface area contributed by atoms with Crippen molar-refractivity contribution in [3.8, 4) is 0 Å². The van der Waals surface area contributed by atoms with Crippen molar-refractivity contribution in [3.05, 3.63) is 98.5 Å². The molecule has 1 aliphatic rings. The molecule has 1 unspecified atom stereocenters. The van der Waals surface area contributed by atoms with Gasteiger partial charge in [0.05, 0.1) is 18.7 Å². The van der Waals surface area contributed by atoms with E-state index in [0.29, 0.717) is 21.8 Å². The SMILES string of the molecule is CCc1ccc(C(=O)CC2(O)C(=O)N(Cc3ccc(Cl)cc3)c3ccc(Br)cc32)cc1. The van der Waals surface area contributed by atoms with Gasteiger partial charge in [-0.3, -0.25) is 9.59 Å². The summed E-state index contributed by atoms with van der Waals surface area (Å²) in [5.41, 5.74) is 1.57. The van der Waals surface area contributed by atoms with Crippen molar-refractivity contribution in [1.29, 1.82) is 0 Å². The normalized spacial score (nSPS) is 17.7. The number of ketones is 1. The van der Waals surface area contributed by atoms with Gasteiger partial charge in [-0.2, -0.15) is 0 Å². The van der Waals surface area contributed by atoms with Gasteiger partial charge in [-0.15, -0.1) is 0 Å². The number of carbonyl (C=O) groups excluding carboxylic acids is 2. The predicted octanol–water partition coefficient (Wildman–Crippen LogP) is 5.67. The Morgan fingerprint density at radius 3 is 2.32 bits per heavy atom. The second-order valence-electron chi connectivity index (χ2n) is 7.69. The number of aryl methyl sites for hydroxylation is 1. The fraction of sp³-hybridized carbons (Fsp3) is 0.200. The molecule has 1 N–H and O–H groups in total. The molecule has 0 radical (unpaired) electrons. The molecule has 0 saturated carbocycles. The number of rotatable bonds is 6. The van der Waals surface area contributed by atoms with Crippen molar-refractivity contribution in [3.63, 3.8) is 0 Å². The fourth-order valence-electron chi connectivity index (χ4n) is 3.88. The van der Waals surface area contributed by atoms with E-state index in [1.165, 1.54) is 4.90 Å². The minimum absolute atomic E-state index is 0.270. The second kappa shape index (κ2) is 8.58. The number of anilines is 1. The highest BCUT2D eigenvalue weighted by Gasteiger charge is 2.51. The zero-order valence-electron chi connectivity index (χ0n) is 16.9. The minimum Gasteiger partial charge on any atom is -0.375 e. The molecule has 0 aromatic heterocycles. The molecule has 0 fully saturated rings. The van der Waals surface area contributed by atoms with E-state index in [2.05, 4.69) is 15.9 Å². The molecule has 0 spiro atoms. The Kier molecular flexibility index (Phi) is 6.02. The van der Waals surface area contributed by atoms with Gasteiger partial charge in [0.15, 0.2) is 11.4 Å². The highest BCUT2D eigenvalue weighted by Crippen LogP contribution is 2.44. The molecular weight excluding hydrogens is 478 g/mol. The molecule has 3 aromatic rings. The summed E-state index contributed by atoms with van der Waals surface area (Å²) in [5.74, 6) is -0.785. The maximum absolute atomic E-state index is 13.4. The third-order valence-corrected chi connectivity index (χ3v) is 6.39. The minimum atomic E-state index is -1.92. The van der Waals surface area contributed by atoms with Crippen LogP contribution in [0.2, 0.25) is 5.02 Å². The van der Waals surface area contributed by atoms with Gasteiger partial charge in [-0.05, 0) is 47.9 Å². The number of halogens is 2. The van der Waals surface area contributed by atoms with Crippen molar-refractivity contribution >= 4 is 44.9 Å². The van der Waals surface area contributed by atoms with E-state index < -0.39 is 11.5 Å². The van der Waals surface area contributed by atoms with Crippen molar-refractivity contribution in [2.24, 2.45) is 0 Å².